The van der Waals surface area contributed by atoms with Gasteiger partial charge in [-0.15, -0.1) is 0 Å². The van der Waals surface area contributed by atoms with Crippen LogP contribution in [0.25, 0.3) is 11.3 Å². The summed E-state index contributed by atoms with van der Waals surface area (Å²) in [5, 5.41) is 3.09. The van der Waals surface area contributed by atoms with E-state index in [2.05, 4.69) is 15.3 Å². The van der Waals surface area contributed by atoms with Crippen LogP contribution in [-0.2, 0) is 10.3 Å². The van der Waals surface area contributed by atoms with Gasteiger partial charge in [-0.05, 0) is 20.8 Å². The number of ether oxygens (including phenoxy) is 1. The molecule has 106 valence electrons. The maximum absolute atomic E-state index is 5.75. The standard InChI is InChI=1S/C16H21N3O/c1-5-20-16(2,3)15-18-13(11-14(17-4)19-15)12-9-7-6-8-10-12/h6-11H,5H2,1-4H3,(H,17,18,19). The highest BCUT2D eigenvalue weighted by Gasteiger charge is 2.25. The second-order valence-electron chi connectivity index (χ2n) is 5.02. The summed E-state index contributed by atoms with van der Waals surface area (Å²) in [5.74, 6) is 1.48. The van der Waals surface area contributed by atoms with E-state index in [1.54, 1.807) is 0 Å². The summed E-state index contributed by atoms with van der Waals surface area (Å²) in [5.41, 5.74) is 1.46. The van der Waals surface area contributed by atoms with Gasteiger partial charge >= 0.3 is 0 Å². The fraction of sp³-hybridized carbons (Fsp3) is 0.375. The highest BCUT2D eigenvalue weighted by Crippen LogP contribution is 2.26. The minimum Gasteiger partial charge on any atom is -0.373 e. The van der Waals surface area contributed by atoms with E-state index in [9.17, 15) is 0 Å². The average molecular weight is 271 g/mol. The molecular weight excluding hydrogens is 250 g/mol. The fourth-order valence-corrected chi connectivity index (χ4v) is 2.03. The Hall–Kier alpha value is -1.94. The van der Waals surface area contributed by atoms with Gasteiger partial charge in [0.2, 0.25) is 0 Å². The van der Waals surface area contributed by atoms with Gasteiger partial charge in [-0.25, -0.2) is 9.97 Å². The van der Waals surface area contributed by atoms with E-state index in [-0.39, 0.29) is 0 Å². The Bertz CT molecular complexity index is 567. The van der Waals surface area contributed by atoms with Crippen molar-refractivity contribution < 1.29 is 4.74 Å². The van der Waals surface area contributed by atoms with Crippen LogP contribution in [0.2, 0.25) is 0 Å². The number of hydrogen-bond donors (Lipinski definition) is 1. The Morgan fingerprint density at radius 2 is 1.85 bits per heavy atom. The highest BCUT2D eigenvalue weighted by atomic mass is 16.5. The lowest BCUT2D eigenvalue weighted by molar-refractivity contribution is -0.0206. The van der Waals surface area contributed by atoms with Crippen molar-refractivity contribution in [1.29, 1.82) is 0 Å². The van der Waals surface area contributed by atoms with Crippen molar-refractivity contribution in [3.05, 3.63) is 42.2 Å². The van der Waals surface area contributed by atoms with Crippen molar-refractivity contribution in [1.82, 2.24) is 9.97 Å². The Labute approximate surface area is 120 Å². The van der Waals surface area contributed by atoms with Gasteiger partial charge in [0, 0.05) is 25.3 Å². The van der Waals surface area contributed by atoms with Crippen molar-refractivity contribution in [2.75, 3.05) is 19.0 Å². The molecule has 0 spiro atoms. The second-order valence-corrected chi connectivity index (χ2v) is 5.02. The topological polar surface area (TPSA) is 47.0 Å². The number of aromatic nitrogens is 2. The van der Waals surface area contributed by atoms with Gasteiger partial charge < -0.3 is 10.1 Å². The van der Waals surface area contributed by atoms with Crippen LogP contribution in [0.1, 0.15) is 26.6 Å². The summed E-state index contributed by atoms with van der Waals surface area (Å²) < 4.78 is 5.75. The molecule has 0 unspecified atom stereocenters. The Balaban J connectivity index is 2.50. The molecule has 4 nitrogen and oxygen atoms in total. The molecule has 1 heterocycles. The zero-order valence-corrected chi connectivity index (χ0v) is 12.5. The van der Waals surface area contributed by atoms with Crippen LogP contribution in [0.15, 0.2) is 36.4 Å². The quantitative estimate of drug-likeness (QED) is 0.904. The first-order chi connectivity index (χ1) is 9.56. The maximum Gasteiger partial charge on any atom is 0.162 e. The largest absolute Gasteiger partial charge is 0.373 e. The fourth-order valence-electron chi connectivity index (χ4n) is 2.03. The van der Waals surface area contributed by atoms with Crippen molar-refractivity contribution in [2.24, 2.45) is 0 Å². The molecule has 0 atom stereocenters. The molecule has 1 N–H and O–H groups in total. The summed E-state index contributed by atoms with van der Waals surface area (Å²) in [6, 6.07) is 12.0. The molecule has 20 heavy (non-hydrogen) atoms. The third-order valence-corrected chi connectivity index (χ3v) is 3.10. The molecule has 4 heteroatoms. The van der Waals surface area contributed by atoms with Crippen LogP contribution in [0, 0.1) is 0 Å². The lowest BCUT2D eigenvalue weighted by Gasteiger charge is -2.24. The van der Waals surface area contributed by atoms with Gasteiger partial charge in [-0.3, -0.25) is 0 Å². The summed E-state index contributed by atoms with van der Waals surface area (Å²) in [4.78, 5) is 9.19. The number of hydrogen-bond acceptors (Lipinski definition) is 4. The molecular formula is C16H21N3O. The average Bonchev–Trinajstić information content (AvgIpc) is 2.47. The van der Waals surface area contributed by atoms with E-state index in [4.69, 9.17) is 4.74 Å². The number of benzene rings is 1. The van der Waals surface area contributed by atoms with Crippen LogP contribution in [0.5, 0.6) is 0 Å². The van der Waals surface area contributed by atoms with Gasteiger partial charge in [-0.2, -0.15) is 0 Å². The van der Waals surface area contributed by atoms with Crippen LogP contribution < -0.4 is 5.32 Å². The molecule has 0 saturated carbocycles. The second kappa shape index (κ2) is 6.01. The van der Waals surface area contributed by atoms with Gasteiger partial charge in [0.15, 0.2) is 5.82 Å². The predicted molar refractivity (Wildman–Crippen MR) is 81.7 cm³/mol. The zero-order chi connectivity index (χ0) is 14.6. The number of nitrogens with one attached hydrogen (secondary N) is 1. The third-order valence-electron chi connectivity index (χ3n) is 3.10. The number of rotatable bonds is 5. The molecule has 0 saturated heterocycles. The van der Waals surface area contributed by atoms with Crippen molar-refractivity contribution in [2.45, 2.75) is 26.4 Å². The highest BCUT2D eigenvalue weighted by molar-refractivity contribution is 5.62. The van der Waals surface area contributed by atoms with Gasteiger partial charge in [-0.1, -0.05) is 30.3 Å². The van der Waals surface area contributed by atoms with Crippen LogP contribution >= 0.6 is 0 Å². The number of nitrogens with zero attached hydrogens (tertiary/aromatic N) is 2. The first-order valence-corrected chi connectivity index (χ1v) is 6.83. The van der Waals surface area contributed by atoms with Gasteiger partial charge in [0.05, 0.1) is 5.69 Å². The molecule has 2 rings (SSSR count). The lowest BCUT2D eigenvalue weighted by atomic mass is 10.1. The SMILES string of the molecule is CCOC(C)(C)c1nc(NC)cc(-c2ccccc2)n1. The molecule has 2 aromatic rings. The molecule has 1 aromatic heterocycles. The van der Waals surface area contributed by atoms with E-state index in [1.165, 1.54) is 0 Å². The molecule has 0 amide bonds. The monoisotopic (exact) mass is 271 g/mol. The van der Waals surface area contributed by atoms with Crippen LogP contribution in [0.4, 0.5) is 5.82 Å². The predicted octanol–water partition coefficient (Wildman–Crippen LogP) is 3.46. The smallest absolute Gasteiger partial charge is 0.162 e. The summed E-state index contributed by atoms with van der Waals surface area (Å²) in [7, 11) is 1.86. The molecule has 1 aromatic carbocycles. The normalized spacial score (nSPS) is 11.4. The van der Waals surface area contributed by atoms with Crippen molar-refractivity contribution >= 4 is 5.82 Å². The summed E-state index contributed by atoms with van der Waals surface area (Å²) in [6.07, 6.45) is 0. The first-order valence-electron chi connectivity index (χ1n) is 6.83. The minimum absolute atomic E-state index is 0.509. The van der Waals surface area contributed by atoms with Gasteiger partial charge in [0.1, 0.15) is 11.4 Å². The summed E-state index contributed by atoms with van der Waals surface area (Å²) >= 11 is 0. The molecule has 0 radical (unpaired) electrons. The first kappa shape index (κ1) is 14.5. The molecule has 0 fully saturated rings. The van der Waals surface area contributed by atoms with Crippen molar-refractivity contribution in [3.8, 4) is 11.3 Å². The Morgan fingerprint density at radius 3 is 2.45 bits per heavy atom. The summed E-state index contributed by atoms with van der Waals surface area (Å²) in [6.45, 7) is 6.57. The van der Waals surface area contributed by atoms with E-state index >= 15 is 0 Å². The molecule has 0 aliphatic rings. The zero-order valence-electron chi connectivity index (χ0n) is 12.5. The molecule has 0 aliphatic heterocycles. The van der Waals surface area contributed by atoms with Crippen LogP contribution in [-0.4, -0.2) is 23.6 Å². The van der Waals surface area contributed by atoms with Gasteiger partial charge in [0.25, 0.3) is 0 Å². The Morgan fingerprint density at radius 1 is 1.15 bits per heavy atom. The third kappa shape index (κ3) is 3.14. The minimum atomic E-state index is -0.509. The van der Waals surface area contributed by atoms with E-state index < -0.39 is 5.60 Å². The Kier molecular flexibility index (Phi) is 4.35. The molecule has 0 aliphatic carbocycles. The van der Waals surface area contributed by atoms with Crippen LogP contribution in [0.3, 0.4) is 0 Å². The number of anilines is 1. The van der Waals surface area contributed by atoms with Crippen molar-refractivity contribution in [3.63, 3.8) is 0 Å². The maximum atomic E-state index is 5.75. The lowest BCUT2D eigenvalue weighted by Crippen LogP contribution is -2.25. The molecule has 0 bridgehead atoms. The van der Waals surface area contributed by atoms with E-state index in [1.807, 2.05) is 64.2 Å². The van der Waals surface area contributed by atoms with E-state index in [0.29, 0.717) is 12.4 Å². The van der Waals surface area contributed by atoms with E-state index in [0.717, 1.165) is 17.1 Å².